The molecule has 5 heteroatoms. The van der Waals surface area contributed by atoms with Crippen molar-refractivity contribution in [3.8, 4) is 5.82 Å². The number of aromatic nitrogens is 4. The summed E-state index contributed by atoms with van der Waals surface area (Å²) < 4.78 is 1.66. The highest BCUT2D eigenvalue weighted by Crippen LogP contribution is 2.08. The number of anilines is 1. The van der Waals surface area contributed by atoms with Crippen molar-refractivity contribution in [2.24, 2.45) is 0 Å². The summed E-state index contributed by atoms with van der Waals surface area (Å²) in [4.78, 5) is 8.05. The third-order valence-electron chi connectivity index (χ3n) is 1.67. The molecule has 0 atom stereocenters. The molecule has 0 aromatic carbocycles. The van der Waals surface area contributed by atoms with Gasteiger partial charge in [-0.1, -0.05) is 0 Å². The van der Waals surface area contributed by atoms with Crippen LogP contribution in [0.3, 0.4) is 0 Å². The highest BCUT2D eigenvalue weighted by molar-refractivity contribution is 5.33. The molecule has 0 aliphatic heterocycles. The van der Waals surface area contributed by atoms with Crippen molar-refractivity contribution in [2.45, 2.75) is 6.92 Å². The van der Waals surface area contributed by atoms with E-state index in [9.17, 15) is 0 Å². The topological polar surface area (TPSA) is 69.6 Å². The minimum Gasteiger partial charge on any atom is -0.382 e. The van der Waals surface area contributed by atoms with Gasteiger partial charge in [-0.3, -0.25) is 4.98 Å². The summed E-state index contributed by atoms with van der Waals surface area (Å²) in [6, 6.07) is 1.79. The van der Waals surface area contributed by atoms with E-state index in [1.165, 1.54) is 0 Å². The van der Waals surface area contributed by atoms with Crippen molar-refractivity contribution in [3.63, 3.8) is 0 Å². The van der Waals surface area contributed by atoms with Crippen LogP contribution in [-0.4, -0.2) is 19.7 Å². The normalized spacial score (nSPS) is 10.2. The molecule has 2 N–H and O–H groups in total. The second-order valence-electron chi connectivity index (χ2n) is 2.69. The Labute approximate surface area is 75.2 Å². The van der Waals surface area contributed by atoms with E-state index in [0.717, 1.165) is 5.69 Å². The number of aryl methyl sites for hydroxylation is 1. The first-order valence-corrected chi connectivity index (χ1v) is 3.86. The lowest BCUT2D eigenvalue weighted by Gasteiger charge is -2.00. The van der Waals surface area contributed by atoms with Gasteiger partial charge in [0.2, 0.25) is 0 Å². The minimum atomic E-state index is 0.489. The Kier molecular flexibility index (Phi) is 1.70. The van der Waals surface area contributed by atoms with Crippen molar-refractivity contribution in [2.75, 3.05) is 5.73 Å². The standard InChI is InChI=1S/C8H9N5/c1-6-4-7(9)12-13(6)8-5-10-2-3-11-8/h2-5H,1H3,(H2,9,12). The van der Waals surface area contributed by atoms with E-state index in [1.54, 1.807) is 29.3 Å². The lowest BCUT2D eigenvalue weighted by molar-refractivity contribution is 0.813. The van der Waals surface area contributed by atoms with Crippen molar-refractivity contribution in [1.82, 2.24) is 19.7 Å². The molecule has 0 saturated carbocycles. The van der Waals surface area contributed by atoms with Gasteiger partial charge < -0.3 is 5.73 Å². The zero-order chi connectivity index (χ0) is 9.26. The maximum Gasteiger partial charge on any atom is 0.172 e. The average Bonchev–Trinajstić information content (AvgIpc) is 2.47. The number of nitrogens with zero attached hydrogens (tertiary/aromatic N) is 4. The van der Waals surface area contributed by atoms with E-state index in [0.29, 0.717) is 11.6 Å². The van der Waals surface area contributed by atoms with Gasteiger partial charge in [-0.25, -0.2) is 9.67 Å². The highest BCUT2D eigenvalue weighted by Gasteiger charge is 2.03. The number of nitrogen functional groups attached to an aromatic ring is 1. The van der Waals surface area contributed by atoms with Crippen LogP contribution < -0.4 is 5.73 Å². The van der Waals surface area contributed by atoms with Gasteiger partial charge in [0.25, 0.3) is 0 Å². The summed E-state index contributed by atoms with van der Waals surface area (Å²) in [7, 11) is 0. The van der Waals surface area contributed by atoms with Gasteiger partial charge in [0.1, 0.15) is 5.82 Å². The average molecular weight is 175 g/mol. The van der Waals surface area contributed by atoms with Crippen LogP contribution in [0.15, 0.2) is 24.7 Å². The molecular formula is C8H9N5. The first-order chi connectivity index (χ1) is 6.27. The first kappa shape index (κ1) is 7.72. The summed E-state index contributed by atoms with van der Waals surface area (Å²) in [6.45, 7) is 1.91. The number of nitrogens with two attached hydrogens (primary N) is 1. The Hall–Kier alpha value is -1.91. The summed E-state index contributed by atoms with van der Waals surface area (Å²) in [5.74, 6) is 1.17. The largest absolute Gasteiger partial charge is 0.382 e. The summed E-state index contributed by atoms with van der Waals surface area (Å²) in [5, 5.41) is 4.07. The molecule has 0 aliphatic rings. The maximum absolute atomic E-state index is 5.54. The molecule has 13 heavy (non-hydrogen) atoms. The summed E-state index contributed by atoms with van der Waals surface area (Å²) >= 11 is 0. The van der Waals surface area contributed by atoms with Gasteiger partial charge in [-0.05, 0) is 6.92 Å². The SMILES string of the molecule is Cc1cc(N)nn1-c1cnccn1. The Morgan fingerprint density at radius 1 is 1.38 bits per heavy atom. The van der Waals surface area contributed by atoms with Crippen molar-refractivity contribution < 1.29 is 0 Å². The van der Waals surface area contributed by atoms with Gasteiger partial charge in [-0.2, -0.15) is 0 Å². The van der Waals surface area contributed by atoms with Gasteiger partial charge in [0, 0.05) is 24.2 Å². The Bertz CT molecular complexity index is 406. The van der Waals surface area contributed by atoms with Gasteiger partial charge in [0.05, 0.1) is 6.20 Å². The summed E-state index contributed by atoms with van der Waals surface area (Å²) in [6.07, 6.45) is 4.87. The maximum atomic E-state index is 5.54. The van der Waals surface area contributed by atoms with Crippen LogP contribution in [0.4, 0.5) is 5.82 Å². The monoisotopic (exact) mass is 175 g/mol. The highest BCUT2D eigenvalue weighted by atomic mass is 15.3. The van der Waals surface area contributed by atoms with Gasteiger partial charge >= 0.3 is 0 Å². The van der Waals surface area contributed by atoms with Gasteiger partial charge in [-0.15, -0.1) is 5.10 Å². The van der Waals surface area contributed by atoms with Crippen LogP contribution in [0.2, 0.25) is 0 Å². The van der Waals surface area contributed by atoms with E-state index in [4.69, 9.17) is 5.73 Å². The molecule has 2 aromatic rings. The molecule has 2 heterocycles. The third-order valence-corrected chi connectivity index (χ3v) is 1.67. The number of hydrogen-bond acceptors (Lipinski definition) is 4. The fraction of sp³-hybridized carbons (Fsp3) is 0.125. The molecule has 0 unspecified atom stereocenters. The van der Waals surface area contributed by atoms with Crippen molar-refractivity contribution in [3.05, 3.63) is 30.4 Å². The third kappa shape index (κ3) is 1.35. The lowest BCUT2D eigenvalue weighted by Crippen LogP contribution is -2.02. The number of rotatable bonds is 1. The van der Waals surface area contributed by atoms with Crippen LogP contribution in [0.5, 0.6) is 0 Å². The zero-order valence-corrected chi connectivity index (χ0v) is 7.18. The van der Waals surface area contributed by atoms with Gasteiger partial charge in [0.15, 0.2) is 5.82 Å². The van der Waals surface area contributed by atoms with E-state index in [1.807, 2.05) is 6.92 Å². The van der Waals surface area contributed by atoms with Crippen LogP contribution in [0.25, 0.3) is 5.82 Å². The Morgan fingerprint density at radius 2 is 2.23 bits per heavy atom. The second-order valence-corrected chi connectivity index (χ2v) is 2.69. The molecule has 0 radical (unpaired) electrons. The van der Waals surface area contributed by atoms with Crippen molar-refractivity contribution >= 4 is 5.82 Å². The molecule has 2 aromatic heterocycles. The fourth-order valence-corrected chi connectivity index (χ4v) is 1.13. The second kappa shape index (κ2) is 2.85. The summed E-state index contributed by atoms with van der Waals surface area (Å²) in [5.41, 5.74) is 6.48. The van der Waals surface area contributed by atoms with E-state index >= 15 is 0 Å². The molecule has 0 fully saturated rings. The van der Waals surface area contributed by atoms with Crippen LogP contribution in [0.1, 0.15) is 5.69 Å². The smallest absolute Gasteiger partial charge is 0.172 e. The molecule has 0 aliphatic carbocycles. The first-order valence-electron chi connectivity index (χ1n) is 3.86. The lowest BCUT2D eigenvalue weighted by atomic mass is 10.4. The Balaban J connectivity index is 2.53. The van der Waals surface area contributed by atoms with Crippen LogP contribution in [-0.2, 0) is 0 Å². The van der Waals surface area contributed by atoms with E-state index in [-0.39, 0.29) is 0 Å². The van der Waals surface area contributed by atoms with Crippen LogP contribution >= 0.6 is 0 Å². The molecule has 0 saturated heterocycles. The molecule has 66 valence electrons. The van der Waals surface area contributed by atoms with Crippen molar-refractivity contribution in [1.29, 1.82) is 0 Å². The Morgan fingerprint density at radius 3 is 2.77 bits per heavy atom. The zero-order valence-electron chi connectivity index (χ0n) is 7.18. The minimum absolute atomic E-state index is 0.489. The predicted octanol–water partition coefficient (Wildman–Crippen LogP) is 0.553. The number of hydrogen-bond donors (Lipinski definition) is 1. The molecule has 0 spiro atoms. The van der Waals surface area contributed by atoms with Crippen LogP contribution in [0, 0.1) is 6.92 Å². The predicted molar refractivity (Wildman–Crippen MR) is 48.3 cm³/mol. The molecule has 0 bridgehead atoms. The molecule has 5 nitrogen and oxygen atoms in total. The quantitative estimate of drug-likeness (QED) is 0.687. The molecule has 2 rings (SSSR count). The fourth-order valence-electron chi connectivity index (χ4n) is 1.13. The van der Waals surface area contributed by atoms with E-state index in [2.05, 4.69) is 15.1 Å². The molecule has 0 amide bonds. The molecular weight excluding hydrogens is 166 g/mol. The van der Waals surface area contributed by atoms with E-state index < -0.39 is 0 Å².